The Morgan fingerprint density at radius 2 is 1.60 bits per heavy atom. The molecule has 2 aromatic carbocycles. The molecular weight excluding hydrogens is 561 g/mol. The maximum atomic E-state index is 15.6. The molecule has 3 heterocycles. The molecule has 0 saturated carbocycles. The maximum Gasteiger partial charge on any atom is 0.227 e. The summed E-state index contributed by atoms with van der Waals surface area (Å²) >= 11 is 0. The SMILES string of the molecule is CCOc1cc(Nc2ncc(OCc3c(F)c(C)cc(OC)c3F)cn2)cc(F)c1N1CCC(N2CCN(C)CC2)CC1. The minimum atomic E-state index is -0.820. The van der Waals surface area contributed by atoms with E-state index in [1.54, 1.807) is 6.07 Å². The Hall–Kier alpha value is -3.77. The quantitative estimate of drug-likeness (QED) is 0.340. The molecule has 2 aliphatic heterocycles. The molecule has 0 spiro atoms. The number of nitrogens with one attached hydrogen (secondary N) is 1. The lowest BCUT2D eigenvalue weighted by molar-refractivity contribution is 0.0980. The summed E-state index contributed by atoms with van der Waals surface area (Å²) in [5, 5.41) is 3.01. The fourth-order valence-corrected chi connectivity index (χ4v) is 5.68. The third-order valence-corrected chi connectivity index (χ3v) is 8.09. The van der Waals surface area contributed by atoms with E-state index in [4.69, 9.17) is 14.2 Å². The number of piperazine rings is 1. The van der Waals surface area contributed by atoms with E-state index in [-0.39, 0.29) is 41.0 Å². The van der Waals surface area contributed by atoms with Crippen molar-refractivity contribution in [2.75, 3.05) is 70.2 Å². The average molecular weight is 601 g/mol. The molecular formula is C31H39F3N6O3. The second-order valence-electron chi connectivity index (χ2n) is 11.0. The van der Waals surface area contributed by atoms with Crippen molar-refractivity contribution in [3.05, 3.63) is 59.2 Å². The molecule has 232 valence electrons. The average Bonchev–Trinajstić information content (AvgIpc) is 3.00. The van der Waals surface area contributed by atoms with E-state index in [1.165, 1.54) is 38.6 Å². The van der Waals surface area contributed by atoms with Gasteiger partial charge in [-0.15, -0.1) is 0 Å². The number of aromatic nitrogens is 2. The lowest BCUT2D eigenvalue weighted by Crippen LogP contribution is -2.52. The molecule has 9 nitrogen and oxygen atoms in total. The lowest BCUT2D eigenvalue weighted by Gasteiger charge is -2.42. The fourth-order valence-electron chi connectivity index (χ4n) is 5.68. The molecule has 2 fully saturated rings. The Kier molecular flexibility index (Phi) is 9.76. The Morgan fingerprint density at radius 3 is 2.26 bits per heavy atom. The zero-order valence-electron chi connectivity index (χ0n) is 25.1. The molecule has 12 heteroatoms. The van der Waals surface area contributed by atoms with Crippen LogP contribution in [0.2, 0.25) is 0 Å². The Bertz CT molecular complexity index is 1390. The molecule has 0 unspecified atom stereocenters. The summed E-state index contributed by atoms with van der Waals surface area (Å²) in [4.78, 5) is 15.4. The van der Waals surface area contributed by atoms with Gasteiger partial charge in [0.25, 0.3) is 0 Å². The number of hydrogen-bond donors (Lipinski definition) is 1. The van der Waals surface area contributed by atoms with Crippen molar-refractivity contribution in [2.24, 2.45) is 0 Å². The van der Waals surface area contributed by atoms with Gasteiger partial charge in [-0.05, 0) is 51.4 Å². The van der Waals surface area contributed by atoms with Crippen LogP contribution in [0.3, 0.4) is 0 Å². The Morgan fingerprint density at radius 1 is 0.907 bits per heavy atom. The van der Waals surface area contributed by atoms with Crippen LogP contribution in [0, 0.1) is 24.4 Å². The summed E-state index contributed by atoms with van der Waals surface area (Å²) in [6, 6.07) is 4.97. The number of likely N-dealkylation sites (N-methyl/N-ethyl adjacent to an activating group) is 1. The van der Waals surface area contributed by atoms with Gasteiger partial charge in [-0.25, -0.2) is 23.1 Å². The first-order valence-corrected chi connectivity index (χ1v) is 14.6. The second-order valence-corrected chi connectivity index (χ2v) is 11.0. The number of piperidine rings is 1. The number of halogens is 3. The number of ether oxygens (including phenoxy) is 3. The zero-order chi connectivity index (χ0) is 30.5. The van der Waals surface area contributed by atoms with Gasteiger partial charge in [0, 0.05) is 57.1 Å². The highest BCUT2D eigenvalue weighted by Crippen LogP contribution is 2.37. The smallest absolute Gasteiger partial charge is 0.227 e. The van der Waals surface area contributed by atoms with E-state index in [9.17, 15) is 8.78 Å². The van der Waals surface area contributed by atoms with Gasteiger partial charge >= 0.3 is 0 Å². The number of hydrogen-bond acceptors (Lipinski definition) is 9. The molecule has 0 amide bonds. The molecule has 2 aliphatic rings. The van der Waals surface area contributed by atoms with Gasteiger partial charge in [-0.3, -0.25) is 4.90 Å². The summed E-state index contributed by atoms with van der Waals surface area (Å²) in [6.45, 7) is 9.25. The van der Waals surface area contributed by atoms with Crippen LogP contribution in [0.5, 0.6) is 17.2 Å². The molecule has 2 saturated heterocycles. The third kappa shape index (κ3) is 7.07. The molecule has 0 atom stereocenters. The van der Waals surface area contributed by atoms with Crippen molar-refractivity contribution in [3.8, 4) is 17.2 Å². The van der Waals surface area contributed by atoms with Crippen molar-refractivity contribution in [3.63, 3.8) is 0 Å². The van der Waals surface area contributed by atoms with Crippen LogP contribution in [0.4, 0.5) is 30.5 Å². The van der Waals surface area contributed by atoms with E-state index in [0.29, 0.717) is 29.8 Å². The highest BCUT2D eigenvalue weighted by Gasteiger charge is 2.29. The van der Waals surface area contributed by atoms with Crippen LogP contribution in [0.15, 0.2) is 30.6 Å². The van der Waals surface area contributed by atoms with Crippen LogP contribution < -0.4 is 24.4 Å². The molecule has 1 N–H and O–H groups in total. The molecule has 1 aromatic heterocycles. The summed E-state index contributed by atoms with van der Waals surface area (Å²) in [5.74, 6) is -1.10. The number of rotatable bonds is 10. The minimum absolute atomic E-state index is 0.0619. The standard InChI is InChI=1S/C31H39F3N6O3/c1-5-42-27-16-21(15-25(32)30(27)40-8-6-22(7-9-40)39-12-10-38(3)11-13-39)37-31-35-17-23(18-36-31)43-19-24-28(33)20(2)14-26(41-4)29(24)34/h14-18,22H,5-13,19H2,1-4H3,(H,35,36,37). The minimum Gasteiger partial charge on any atom is -0.494 e. The number of anilines is 3. The van der Waals surface area contributed by atoms with Crippen LogP contribution in [-0.2, 0) is 6.61 Å². The van der Waals surface area contributed by atoms with Gasteiger partial charge in [-0.1, -0.05) is 0 Å². The van der Waals surface area contributed by atoms with E-state index in [2.05, 4.69) is 37.0 Å². The van der Waals surface area contributed by atoms with Crippen molar-refractivity contribution >= 4 is 17.3 Å². The summed E-state index contributed by atoms with van der Waals surface area (Å²) in [6.07, 6.45) is 4.70. The highest BCUT2D eigenvalue weighted by molar-refractivity contribution is 5.68. The predicted molar refractivity (Wildman–Crippen MR) is 159 cm³/mol. The third-order valence-electron chi connectivity index (χ3n) is 8.09. The summed E-state index contributed by atoms with van der Waals surface area (Å²) < 4.78 is 61.0. The molecule has 3 aromatic rings. The Balaban J connectivity index is 1.23. The normalized spacial score (nSPS) is 16.8. The van der Waals surface area contributed by atoms with Crippen LogP contribution in [-0.4, -0.2) is 85.8 Å². The van der Waals surface area contributed by atoms with E-state index in [0.717, 1.165) is 52.1 Å². The first-order chi connectivity index (χ1) is 20.8. The van der Waals surface area contributed by atoms with Crippen molar-refractivity contribution in [1.29, 1.82) is 0 Å². The number of benzene rings is 2. The number of nitrogens with zero attached hydrogens (tertiary/aromatic N) is 5. The van der Waals surface area contributed by atoms with Crippen LogP contribution >= 0.6 is 0 Å². The Labute approximate surface area is 250 Å². The van der Waals surface area contributed by atoms with Gasteiger partial charge < -0.3 is 29.3 Å². The maximum absolute atomic E-state index is 15.6. The van der Waals surface area contributed by atoms with Gasteiger partial charge in [0.05, 0.1) is 31.7 Å². The lowest BCUT2D eigenvalue weighted by atomic mass is 10.0. The topological polar surface area (TPSA) is 75.2 Å². The molecule has 5 rings (SSSR count). The number of methoxy groups -OCH3 is 1. The van der Waals surface area contributed by atoms with Crippen LogP contribution in [0.1, 0.15) is 30.9 Å². The fraction of sp³-hybridized carbons (Fsp3) is 0.484. The zero-order valence-corrected chi connectivity index (χ0v) is 25.1. The number of aryl methyl sites for hydroxylation is 1. The second kappa shape index (κ2) is 13.7. The van der Waals surface area contributed by atoms with Crippen molar-refractivity contribution < 1.29 is 27.4 Å². The predicted octanol–water partition coefficient (Wildman–Crippen LogP) is 5.15. The van der Waals surface area contributed by atoms with Crippen molar-refractivity contribution in [1.82, 2.24) is 19.8 Å². The highest BCUT2D eigenvalue weighted by atomic mass is 19.1. The van der Waals surface area contributed by atoms with Gasteiger partial charge in [0.15, 0.2) is 23.1 Å². The van der Waals surface area contributed by atoms with E-state index >= 15 is 4.39 Å². The first-order valence-electron chi connectivity index (χ1n) is 14.6. The summed E-state index contributed by atoms with van der Waals surface area (Å²) in [5.41, 5.74) is 0.900. The van der Waals surface area contributed by atoms with E-state index in [1.807, 2.05) is 6.92 Å². The van der Waals surface area contributed by atoms with Gasteiger partial charge in [0.1, 0.15) is 23.9 Å². The molecule has 0 aliphatic carbocycles. The monoisotopic (exact) mass is 600 g/mol. The molecule has 0 radical (unpaired) electrons. The van der Waals surface area contributed by atoms with Gasteiger partial charge in [-0.2, -0.15) is 0 Å². The molecule has 0 bridgehead atoms. The van der Waals surface area contributed by atoms with Crippen molar-refractivity contribution in [2.45, 2.75) is 39.3 Å². The first kappa shape index (κ1) is 30.7. The largest absolute Gasteiger partial charge is 0.494 e. The summed E-state index contributed by atoms with van der Waals surface area (Å²) in [7, 11) is 3.47. The van der Waals surface area contributed by atoms with E-state index < -0.39 is 11.6 Å². The van der Waals surface area contributed by atoms with Crippen LogP contribution in [0.25, 0.3) is 0 Å². The molecule has 43 heavy (non-hydrogen) atoms. The van der Waals surface area contributed by atoms with Gasteiger partial charge in [0.2, 0.25) is 5.95 Å².